The third-order valence-electron chi connectivity index (χ3n) is 3.45. The Labute approximate surface area is 79.7 Å². The van der Waals surface area contributed by atoms with Crippen LogP contribution in [0.3, 0.4) is 0 Å². The van der Waals surface area contributed by atoms with Crippen molar-refractivity contribution in [3.05, 3.63) is 0 Å². The number of aliphatic hydroxyl groups is 1. The standard InChI is InChI=1S/C10H19NO2/c1-3-10(12)7-8-9(13-10)5-4-6-11(8)2/h8-9,12H,3-7H2,1-2H3. The van der Waals surface area contributed by atoms with Crippen LogP contribution in [-0.4, -0.2) is 41.5 Å². The molecule has 2 aliphatic heterocycles. The number of nitrogens with zero attached hydrogens (tertiary/aromatic N) is 1. The number of likely N-dealkylation sites (N-methyl/N-ethyl adjacent to an activating group) is 1. The monoisotopic (exact) mass is 185 g/mol. The van der Waals surface area contributed by atoms with Gasteiger partial charge in [0.1, 0.15) is 0 Å². The zero-order valence-electron chi connectivity index (χ0n) is 8.49. The van der Waals surface area contributed by atoms with Crippen LogP contribution in [0.1, 0.15) is 32.6 Å². The molecule has 0 aromatic heterocycles. The zero-order valence-corrected chi connectivity index (χ0v) is 8.49. The molecule has 2 rings (SSSR count). The lowest BCUT2D eigenvalue weighted by Crippen LogP contribution is -2.42. The topological polar surface area (TPSA) is 32.7 Å². The summed E-state index contributed by atoms with van der Waals surface area (Å²) in [4.78, 5) is 2.32. The molecule has 2 saturated heterocycles. The fourth-order valence-electron chi connectivity index (χ4n) is 2.49. The molecule has 3 heteroatoms. The van der Waals surface area contributed by atoms with Gasteiger partial charge in [0.15, 0.2) is 5.79 Å². The second-order valence-corrected chi connectivity index (χ2v) is 4.35. The highest BCUT2D eigenvalue weighted by molar-refractivity contribution is 4.94. The zero-order chi connectivity index (χ0) is 9.47. The molecule has 0 saturated carbocycles. The van der Waals surface area contributed by atoms with E-state index in [-0.39, 0.29) is 6.10 Å². The van der Waals surface area contributed by atoms with E-state index in [1.807, 2.05) is 6.92 Å². The maximum atomic E-state index is 10.00. The van der Waals surface area contributed by atoms with Gasteiger partial charge in [-0.3, -0.25) is 0 Å². The second-order valence-electron chi connectivity index (χ2n) is 4.35. The van der Waals surface area contributed by atoms with Crippen molar-refractivity contribution in [1.82, 2.24) is 4.90 Å². The van der Waals surface area contributed by atoms with Gasteiger partial charge in [-0.25, -0.2) is 0 Å². The van der Waals surface area contributed by atoms with E-state index in [1.54, 1.807) is 0 Å². The minimum atomic E-state index is -0.839. The molecule has 13 heavy (non-hydrogen) atoms. The molecule has 0 amide bonds. The lowest BCUT2D eigenvalue weighted by Gasteiger charge is -2.32. The Balaban J connectivity index is 2.08. The third-order valence-corrected chi connectivity index (χ3v) is 3.45. The summed E-state index contributed by atoms with van der Waals surface area (Å²) in [6.45, 7) is 3.13. The summed E-state index contributed by atoms with van der Waals surface area (Å²) in [6.07, 6.45) is 4.05. The van der Waals surface area contributed by atoms with Crippen LogP contribution in [0.5, 0.6) is 0 Å². The van der Waals surface area contributed by atoms with Gasteiger partial charge in [-0.2, -0.15) is 0 Å². The first kappa shape index (κ1) is 9.44. The molecule has 3 atom stereocenters. The SMILES string of the molecule is CCC1(O)CC2C(CCCN2C)O1. The lowest BCUT2D eigenvalue weighted by molar-refractivity contribution is -0.195. The second kappa shape index (κ2) is 3.23. The first-order chi connectivity index (χ1) is 6.14. The Bertz CT molecular complexity index is 197. The Morgan fingerprint density at radius 2 is 2.38 bits per heavy atom. The van der Waals surface area contributed by atoms with E-state index in [2.05, 4.69) is 11.9 Å². The molecule has 0 radical (unpaired) electrons. The largest absolute Gasteiger partial charge is 0.365 e. The molecular formula is C10H19NO2. The summed E-state index contributed by atoms with van der Waals surface area (Å²) >= 11 is 0. The van der Waals surface area contributed by atoms with E-state index in [1.165, 1.54) is 6.42 Å². The molecule has 0 bridgehead atoms. The fraction of sp³-hybridized carbons (Fsp3) is 1.00. The van der Waals surface area contributed by atoms with E-state index >= 15 is 0 Å². The van der Waals surface area contributed by atoms with Crippen molar-refractivity contribution in [2.45, 2.75) is 50.5 Å². The minimum Gasteiger partial charge on any atom is -0.365 e. The Hall–Kier alpha value is -0.120. The van der Waals surface area contributed by atoms with Crippen molar-refractivity contribution in [2.24, 2.45) is 0 Å². The molecule has 1 N–H and O–H groups in total. The molecule has 3 unspecified atom stereocenters. The van der Waals surface area contributed by atoms with Crippen LogP contribution in [0.4, 0.5) is 0 Å². The van der Waals surface area contributed by atoms with E-state index in [9.17, 15) is 5.11 Å². The number of rotatable bonds is 1. The van der Waals surface area contributed by atoms with Gasteiger partial charge < -0.3 is 14.7 Å². The van der Waals surface area contributed by atoms with Gasteiger partial charge >= 0.3 is 0 Å². The van der Waals surface area contributed by atoms with Gasteiger partial charge in [0.25, 0.3) is 0 Å². The highest BCUT2D eigenvalue weighted by Crippen LogP contribution is 2.37. The number of hydrogen-bond donors (Lipinski definition) is 1. The highest BCUT2D eigenvalue weighted by atomic mass is 16.6. The first-order valence-electron chi connectivity index (χ1n) is 5.25. The van der Waals surface area contributed by atoms with Gasteiger partial charge in [0.05, 0.1) is 6.10 Å². The van der Waals surface area contributed by atoms with Crippen LogP contribution in [0.25, 0.3) is 0 Å². The summed E-state index contributed by atoms with van der Waals surface area (Å²) in [5.41, 5.74) is 0. The third kappa shape index (κ3) is 1.60. The normalized spacial score (nSPS) is 46.4. The summed E-state index contributed by atoms with van der Waals surface area (Å²) in [5, 5.41) is 10.00. The van der Waals surface area contributed by atoms with Crippen LogP contribution in [0.2, 0.25) is 0 Å². The molecule has 2 aliphatic rings. The fourth-order valence-corrected chi connectivity index (χ4v) is 2.49. The van der Waals surface area contributed by atoms with Crippen LogP contribution < -0.4 is 0 Å². The maximum absolute atomic E-state index is 10.00. The van der Waals surface area contributed by atoms with Gasteiger partial charge in [0.2, 0.25) is 0 Å². The molecule has 0 aromatic rings. The van der Waals surface area contributed by atoms with Crippen molar-refractivity contribution in [3.63, 3.8) is 0 Å². The van der Waals surface area contributed by atoms with Crippen molar-refractivity contribution < 1.29 is 9.84 Å². The number of hydrogen-bond acceptors (Lipinski definition) is 3. The molecule has 2 fully saturated rings. The number of piperidine rings is 1. The lowest BCUT2D eigenvalue weighted by atomic mass is 9.96. The van der Waals surface area contributed by atoms with E-state index in [0.29, 0.717) is 12.5 Å². The van der Waals surface area contributed by atoms with Crippen LogP contribution in [-0.2, 0) is 4.74 Å². The molecule has 0 aliphatic carbocycles. The van der Waals surface area contributed by atoms with E-state index < -0.39 is 5.79 Å². The number of fused-ring (bicyclic) bond motifs is 1. The molecule has 0 aromatic carbocycles. The summed E-state index contributed by atoms with van der Waals surface area (Å²) in [6, 6.07) is 0.443. The number of likely N-dealkylation sites (tertiary alicyclic amines) is 1. The first-order valence-corrected chi connectivity index (χ1v) is 5.25. The van der Waals surface area contributed by atoms with Crippen LogP contribution >= 0.6 is 0 Å². The Morgan fingerprint density at radius 1 is 1.62 bits per heavy atom. The predicted molar refractivity (Wildman–Crippen MR) is 50.4 cm³/mol. The average Bonchev–Trinajstić information content (AvgIpc) is 2.45. The van der Waals surface area contributed by atoms with Gasteiger partial charge in [-0.15, -0.1) is 0 Å². The molecule has 3 nitrogen and oxygen atoms in total. The summed E-state index contributed by atoms with van der Waals surface area (Å²) in [7, 11) is 2.13. The van der Waals surface area contributed by atoms with Crippen LogP contribution in [0.15, 0.2) is 0 Å². The number of ether oxygens (including phenoxy) is 1. The van der Waals surface area contributed by atoms with Gasteiger partial charge in [0, 0.05) is 12.5 Å². The molecular weight excluding hydrogens is 166 g/mol. The van der Waals surface area contributed by atoms with Crippen molar-refractivity contribution in [2.75, 3.05) is 13.6 Å². The predicted octanol–water partition coefficient (Wildman–Crippen LogP) is 0.968. The molecule has 76 valence electrons. The average molecular weight is 185 g/mol. The van der Waals surface area contributed by atoms with Crippen molar-refractivity contribution >= 4 is 0 Å². The van der Waals surface area contributed by atoms with E-state index in [0.717, 1.165) is 19.4 Å². The quantitative estimate of drug-likeness (QED) is 0.660. The molecule has 2 heterocycles. The minimum absolute atomic E-state index is 0.267. The van der Waals surface area contributed by atoms with Gasteiger partial charge in [-0.1, -0.05) is 6.92 Å². The van der Waals surface area contributed by atoms with E-state index in [4.69, 9.17) is 4.74 Å². The maximum Gasteiger partial charge on any atom is 0.167 e. The molecule has 0 spiro atoms. The van der Waals surface area contributed by atoms with Gasteiger partial charge in [-0.05, 0) is 32.9 Å². The van der Waals surface area contributed by atoms with Crippen molar-refractivity contribution in [1.29, 1.82) is 0 Å². The Kier molecular flexibility index (Phi) is 2.34. The summed E-state index contributed by atoms with van der Waals surface area (Å²) < 4.78 is 5.69. The smallest absolute Gasteiger partial charge is 0.167 e. The Morgan fingerprint density at radius 3 is 3.00 bits per heavy atom. The van der Waals surface area contributed by atoms with Crippen molar-refractivity contribution in [3.8, 4) is 0 Å². The highest BCUT2D eigenvalue weighted by Gasteiger charge is 2.46. The summed E-state index contributed by atoms with van der Waals surface area (Å²) in [5.74, 6) is -0.839. The van der Waals surface area contributed by atoms with Crippen LogP contribution in [0, 0.1) is 0 Å².